The van der Waals surface area contributed by atoms with Crippen molar-refractivity contribution in [2.45, 2.75) is 12.8 Å². The number of amides is 1. The summed E-state index contributed by atoms with van der Waals surface area (Å²) in [5, 5.41) is 5.50. The van der Waals surface area contributed by atoms with Gasteiger partial charge in [0.25, 0.3) is 5.91 Å². The minimum absolute atomic E-state index is 0. The fourth-order valence-electron chi connectivity index (χ4n) is 3.77. The molecule has 2 saturated heterocycles. The van der Waals surface area contributed by atoms with Crippen LogP contribution in [0.5, 0.6) is 0 Å². The van der Waals surface area contributed by atoms with Crippen LogP contribution in [0, 0.1) is 11.8 Å². The van der Waals surface area contributed by atoms with Crippen molar-refractivity contribution >= 4 is 42.1 Å². The number of carbonyl (C=O) groups excluding carboxylic acids is 1. The van der Waals surface area contributed by atoms with E-state index in [1.807, 2.05) is 40.1 Å². The van der Waals surface area contributed by atoms with Gasteiger partial charge in [-0.05, 0) is 49.9 Å². The molecule has 0 bridgehead atoms. The number of likely N-dealkylation sites (tertiary alicyclic amines) is 1. The molecule has 2 atom stereocenters. The van der Waals surface area contributed by atoms with Crippen LogP contribution in [0.1, 0.15) is 23.2 Å². The molecule has 1 N–H and O–H groups in total. The van der Waals surface area contributed by atoms with E-state index in [2.05, 4.69) is 10.3 Å². The highest BCUT2D eigenvalue weighted by Gasteiger charge is 2.31. The monoisotopic (exact) mass is 399 g/mol. The average Bonchev–Trinajstić information content (AvgIpc) is 3.23. The summed E-state index contributed by atoms with van der Waals surface area (Å²) in [6, 6.07) is 7.87. The summed E-state index contributed by atoms with van der Waals surface area (Å²) in [5.74, 6) is 1.65. The van der Waals surface area contributed by atoms with Crippen molar-refractivity contribution < 1.29 is 4.79 Å². The Morgan fingerprint density at radius 3 is 2.52 bits per heavy atom. The quantitative estimate of drug-likeness (QED) is 0.836. The number of aromatic nitrogens is 1. The third-order valence-corrected chi connectivity index (χ3v) is 5.73. The Labute approximate surface area is 164 Å². The highest BCUT2D eigenvalue weighted by atomic mass is 35.5. The van der Waals surface area contributed by atoms with E-state index in [1.54, 1.807) is 11.3 Å². The molecule has 0 aliphatic carbocycles. The van der Waals surface area contributed by atoms with Crippen LogP contribution in [0.25, 0.3) is 11.3 Å². The van der Waals surface area contributed by atoms with Gasteiger partial charge in [0, 0.05) is 29.6 Å². The highest BCUT2D eigenvalue weighted by Crippen LogP contribution is 2.28. The lowest BCUT2D eigenvalue weighted by Gasteiger charge is -2.21. The minimum Gasteiger partial charge on any atom is -0.339 e. The molecule has 2 aliphatic heterocycles. The zero-order valence-corrected chi connectivity index (χ0v) is 16.3. The average molecular weight is 400 g/mol. The summed E-state index contributed by atoms with van der Waals surface area (Å²) < 4.78 is 0. The van der Waals surface area contributed by atoms with Gasteiger partial charge in [0.15, 0.2) is 0 Å². The molecule has 2 aliphatic rings. The molecule has 0 spiro atoms. The Morgan fingerprint density at radius 1 is 1.16 bits per heavy atom. The second kappa shape index (κ2) is 8.99. The van der Waals surface area contributed by atoms with Crippen molar-refractivity contribution in [3.63, 3.8) is 0 Å². The van der Waals surface area contributed by atoms with E-state index in [4.69, 9.17) is 0 Å². The van der Waals surface area contributed by atoms with E-state index in [0.29, 0.717) is 0 Å². The molecule has 1 aromatic heterocycles. The zero-order chi connectivity index (χ0) is 15.6. The number of hydrogen-bond donors (Lipinski definition) is 1. The largest absolute Gasteiger partial charge is 0.339 e. The van der Waals surface area contributed by atoms with Crippen LogP contribution in [-0.4, -0.2) is 42.0 Å². The highest BCUT2D eigenvalue weighted by molar-refractivity contribution is 7.07. The van der Waals surface area contributed by atoms with Crippen LogP contribution in [0.15, 0.2) is 35.2 Å². The molecule has 4 nitrogen and oxygen atoms in total. The smallest absolute Gasteiger partial charge is 0.253 e. The van der Waals surface area contributed by atoms with Gasteiger partial charge in [0.2, 0.25) is 0 Å². The Hall–Kier alpha value is -1.14. The molecule has 1 aromatic carbocycles. The normalized spacial score (nSPS) is 22.3. The van der Waals surface area contributed by atoms with E-state index in [0.717, 1.165) is 67.7 Å². The summed E-state index contributed by atoms with van der Waals surface area (Å²) in [6.45, 7) is 3.99. The Kier molecular flexibility index (Phi) is 7.25. The van der Waals surface area contributed by atoms with Crippen molar-refractivity contribution in [2.75, 3.05) is 26.2 Å². The number of rotatable bonds is 2. The fraction of sp³-hybridized carbons (Fsp3) is 0.444. The first-order valence-corrected chi connectivity index (χ1v) is 9.24. The first-order valence-electron chi connectivity index (χ1n) is 8.30. The summed E-state index contributed by atoms with van der Waals surface area (Å²) in [5.41, 5.74) is 4.57. The van der Waals surface area contributed by atoms with Crippen LogP contribution in [0.3, 0.4) is 0 Å². The number of hydrogen-bond acceptors (Lipinski definition) is 4. The molecule has 4 rings (SSSR count). The summed E-state index contributed by atoms with van der Waals surface area (Å²) in [4.78, 5) is 19.3. The van der Waals surface area contributed by atoms with Gasteiger partial charge < -0.3 is 10.2 Å². The molecule has 136 valence electrons. The van der Waals surface area contributed by atoms with Crippen molar-refractivity contribution in [3.8, 4) is 11.3 Å². The van der Waals surface area contributed by atoms with Crippen LogP contribution in [-0.2, 0) is 0 Å². The van der Waals surface area contributed by atoms with Crippen LogP contribution in [0.2, 0.25) is 0 Å². The molecular weight excluding hydrogens is 377 g/mol. The molecule has 25 heavy (non-hydrogen) atoms. The number of fused-ring (bicyclic) bond motifs is 1. The lowest BCUT2D eigenvalue weighted by atomic mass is 9.92. The Bertz CT molecular complexity index is 681. The summed E-state index contributed by atoms with van der Waals surface area (Å²) in [6.07, 6.45) is 2.24. The van der Waals surface area contributed by atoms with Crippen molar-refractivity contribution in [1.29, 1.82) is 0 Å². The van der Waals surface area contributed by atoms with Crippen molar-refractivity contribution in [1.82, 2.24) is 15.2 Å². The molecule has 0 unspecified atom stereocenters. The first kappa shape index (κ1) is 20.2. The molecule has 2 aromatic rings. The summed E-state index contributed by atoms with van der Waals surface area (Å²) in [7, 11) is 0. The molecule has 3 heterocycles. The third kappa shape index (κ3) is 4.34. The van der Waals surface area contributed by atoms with Crippen molar-refractivity contribution in [3.05, 3.63) is 40.7 Å². The van der Waals surface area contributed by atoms with Gasteiger partial charge in [-0.25, -0.2) is 4.98 Å². The molecular formula is C18H23Cl2N3OS. The second-order valence-corrected chi connectivity index (χ2v) is 7.22. The van der Waals surface area contributed by atoms with Gasteiger partial charge in [-0.3, -0.25) is 4.79 Å². The van der Waals surface area contributed by atoms with Gasteiger partial charge in [-0.1, -0.05) is 12.1 Å². The van der Waals surface area contributed by atoms with Gasteiger partial charge in [0.1, 0.15) is 0 Å². The maximum absolute atomic E-state index is 12.9. The lowest BCUT2D eigenvalue weighted by molar-refractivity contribution is 0.0758. The molecule has 7 heteroatoms. The van der Waals surface area contributed by atoms with Crippen LogP contribution < -0.4 is 5.32 Å². The van der Waals surface area contributed by atoms with E-state index in [1.165, 1.54) is 0 Å². The van der Waals surface area contributed by atoms with Gasteiger partial charge in [-0.2, -0.15) is 0 Å². The molecule has 0 saturated carbocycles. The predicted molar refractivity (Wildman–Crippen MR) is 107 cm³/mol. The number of carbonyl (C=O) groups is 1. The van der Waals surface area contributed by atoms with Gasteiger partial charge in [0.05, 0.1) is 11.2 Å². The van der Waals surface area contributed by atoms with E-state index in [-0.39, 0.29) is 30.7 Å². The Morgan fingerprint density at radius 2 is 1.88 bits per heavy atom. The van der Waals surface area contributed by atoms with E-state index >= 15 is 0 Å². The number of halogens is 2. The fourth-order valence-corrected chi connectivity index (χ4v) is 4.33. The maximum Gasteiger partial charge on any atom is 0.253 e. The molecule has 1 amide bonds. The first-order chi connectivity index (χ1) is 11.3. The van der Waals surface area contributed by atoms with E-state index < -0.39 is 0 Å². The molecule has 2 fully saturated rings. The zero-order valence-electron chi connectivity index (χ0n) is 13.9. The maximum atomic E-state index is 12.9. The second-order valence-electron chi connectivity index (χ2n) is 6.50. The number of thiazole rings is 1. The minimum atomic E-state index is 0. The Balaban J connectivity index is 0.00000113. The number of benzene rings is 1. The topological polar surface area (TPSA) is 45.2 Å². The van der Waals surface area contributed by atoms with Crippen LogP contribution >= 0.6 is 36.2 Å². The molecule has 0 radical (unpaired) electrons. The van der Waals surface area contributed by atoms with Gasteiger partial charge >= 0.3 is 0 Å². The van der Waals surface area contributed by atoms with Crippen LogP contribution in [0.4, 0.5) is 0 Å². The van der Waals surface area contributed by atoms with Gasteiger partial charge in [-0.15, -0.1) is 36.2 Å². The standard InChI is InChI=1S/C18H21N3OS.2ClH/c22-18(21-6-4-15-9-19-10-16(15)5-7-21)14-3-1-2-13(8-14)17-11-23-12-20-17;;/h1-3,8,11-12,15-16,19H,4-7,9-10H2;2*1H/t15-,16+;;. The van der Waals surface area contributed by atoms with Crippen molar-refractivity contribution in [2.24, 2.45) is 11.8 Å². The SMILES string of the molecule is Cl.Cl.O=C(c1cccc(-c2cscn2)c1)N1CC[C@@H]2CNC[C@@H]2CC1. The number of nitrogens with zero attached hydrogens (tertiary/aromatic N) is 2. The van der Waals surface area contributed by atoms with E-state index in [9.17, 15) is 4.79 Å². The third-order valence-electron chi connectivity index (χ3n) is 5.14. The predicted octanol–water partition coefficient (Wildman–Crippen LogP) is 3.73. The lowest BCUT2D eigenvalue weighted by Crippen LogP contribution is -2.32. The number of nitrogens with one attached hydrogen (secondary N) is 1. The summed E-state index contributed by atoms with van der Waals surface area (Å²) >= 11 is 1.58.